The van der Waals surface area contributed by atoms with Gasteiger partial charge in [-0.3, -0.25) is 4.79 Å². The Morgan fingerprint density at radius 3 is 2.47 bits per heavy atom. The summed E-state index contributed by atoms with van der Waals surface area (Å²) in [4.78, 5) is 11.9. The fraction of sp³-hybridized carbons (Fsp3) is 0.533. The number of hydrogen-bond acceptors (Lipinski definition) is 2. The quantitative estimate of drug-likeness (QED) is 0.813. The third-order valence-electron chi connectivity index (χ3n) is 2.70. The van der Waals surface area contributed by atoms with Crippen molar-refractivity contribution in [2.75, 3.05) is 11.5 Å². The summed E-state index contributed by atoms with van der Waals surface area (Å²) >= 11 is 7.56. The summed E-state index contributed by atoms with van der Waals surface area (Å²) in [6.07, 6.45) is 0.877. The van der Waals surface area contributed by atoms with Gasteiger partial charge in [0, 0.05) is 5.02 Å². The lowest BCUT2D eigenvalue weighted by Crippen LogP contribution is -2.29. The van der Waals surface area contributed by atoms with E-state index in [4.69, 9.17) is 11.6 Å². The molecule has 0 saturated heterocycles. The maximum Gasteiger partial charge on any atom is 0.230 e. The van der Waals surface area contributed by atoms with Gasteiger partial charge in [-0.25, -0.2) is 0 Å². The van der Waals surface area contributed by atoms with Gasteiger partial charge in [-0.05, 0) is 35.8 Å². The smallest absolute Gasteiger partial charge is 0.230 e. The largest absolute Gasteiger partial charge is 0.349 e. The molecular weight excluding hydrogens is 278 g/mol. The molecule has 0 aliphatic heterocycles. The van der Waals surface area contributed by atoms with Crippen LogP contribution in [-0.2, 0) is 4.79 Å². The van der Waals surface area contributed by atoms with Crippen molar-refractivity contribution in [1.82, 2.24) is 5.32 Å². The van der Waals surface area contributed by atoms with Crippen LogP contribution in [0.5, 0.6) is 0 Å². The van der Waals surface area contributed by atoms with Gasteiger partial charge < -0.3 is 5.32 Å². The van der Waals surface area contributed by atoms with Crippen LogP contribution in [-0.4, -0.2) is 17.4 Å². The fourth-order valence-electron chi connectivity index (χ4n) is 1.74. The van der Waals surface area contributed by atoms with E-state index in [-0.39, 0.29) is 11.9 Å². The number of amides is 1. The number of rotatable bonds is 7. The summed E-state index contributed by atoms with van der Waals surface area (Å²) in [6, 6.07) is 7.73. The van der Waals surface area contributed by atoms with Crippen molar-refractivity contribution in [3.05, 3.63) is 34.9 Å². The first-order valence-electron chi connectivity index (χ1n) is 6.65. The summed E-state index contributed by atoms with van der Waals surface area (Å²) in [5, 5.41) is 3.79. The molecule has 106 valence electrons. The first-order chi connectivity index (χ1) is 9.02. The van der Waals surface area contributed by atoms with Crippen molar-refractivity contribution in [1.29, 1.82) is 0 Å². The number of benzene rings is 1. The van der Waals surface area contributed by atoms with Crippen molar-refractivity contribution in [3.8, 4) is 0 Å². The van der Waals surface area contributed by atoms with Crippen LogP contribution < -0.4 is 5.32 Å². The molecular formula is C15H22ClNOS. The van der Waals surface area contributed by atoms with Crippen LogP contribution in [0.1, 0.15) is 38.8 Å². The average Bonchev–Trinajstić information content (AvgIpc) is 2.36. The number of halogens is 1. The second-order valence-corrected chi connectivity index (χ2v) is 6.46. The van der Waals surface area contributed by atoms with Crippen LogP contribution in [0.15, 0.2) is 24.3 Å². The van der Waals surface area contributed by atoms with Crippen molar-refractivity contribution >= 4 is 29.3 Å². The van der Waals surface area contributed by atoms with Gasteiger partial charge in [0.05, 0.1) is 11.8 Å². The Balaban J connectivity index is 2.47. The first kappa shape index (κ1) is 16.4. The van der Waals surface area contributed by atoms with E-state index in [9.17, 15) is 4.79 Å². The van der Waals surface area contributed by atoms with Gasteiger partial charge in [-0.15, -0.1) is 0 Å². The Kier molecular flexibility index (Phi) is 7.32. The highest BCUT2D eigenvalue weighted by Crippen LogP contribution is 2.19. The van der Waals surface area contributed by atoms with E-state index in [0.717, 1.165) is 22.8 Å². The average molecular weight is 300 g/mol. The third kappa shape index (κ3) is 6.35. The first-order valence-corrected chi connectivity index (χ1v) is 8.18. The Morgan fingerprint density at radius 2 is 1.95 bits per heavy atom. The van der Waals surface area contributed by atoms with E-state index in [0.29, 0.717) is 11.7 Å². The van der Waals surface area contributed by atoms with Gasteiger partial charge in [0.2, 0.25) is 5.91 Å². The standard InChI is InChI=1S/C15H22ClNOS/c1-4-14(12-5-7-13(16)8-6-12)17-15(18)10-19-9-11(2)3/h5-8,11,14H,4,9-10H2,1-3H3,(H,17,18). The summed E-state index contributed by atoms with van der Waals surface area (Å²) in [7, 11) is 0. The van der Waals surface area contributed by atoms with E-state index in [1.54, 1.807) is 11.8 Å². The predicted octanol–water partition coefficient (Wildman–Crippen LogP) is 4.30. The third-order valence-corrected chi connectivity index (χ3v) is 4.32. The number of nitrogens with one attached hydrogen (secondary N) is 1. The minimum Gasteiger partial charge on any atom is -0.349 e. The predicted molar refractivity (Wildman–Crippen MR) is 84.8 cm³/mol. The Hall–Kier alpha value is -0.670. The Morgan fingerprint density at radius 1 is 1.32 bits per heavy atom. The van der Waals surface area contributed by atoms with Crippen LogP contribution >= 0.6 is 23.4 Å². The molecule has 0 heterocycles. The molecule has 1 aromatic rings. The minimum absolute atomic E-state index is 0.0735. The molecule has 1 N–H and O–H groups in total. The normalized spacial score (nSPS) is 12.5. The lowest BCUT2D eigenvalue weighted by atomic mass is 10.0. The van der Waals surface area contributed by atoms with Crippen molar-refractivity contribution < 1.29 is 4.79 Å². The summed E-state index contributed by atoms with van der Waals surface area (Å²) in [5.41, 5.74) is 1.11. The summed E-state index contributed by atoms with van der Waals surface area (Å²) < 4.78 is 0. The lowest BCUT2D eigenvalue weighted by Gasteiger charge is -2.17. The molecule has 2 nitrogen and oxygen atoms in total. The molecule has 4 heteroatoms. The molecule has 0 spiro atoms. The van der Waals surface area contributed by atoms with Gasteiger partial charge in [0.15, 0.2) is 0 Å². The van der Waals surface area contributed by atoms with Gasteiger partial charge >= 0.3 is 0 Å². The van der Waals surface area contributed by atoms with Gasteiger partial charge in [-0.2, -0.15) is 11.8 Å². The molecule has 0 aliphatic carbocycles. The van der Waals surface area contributed by atoms with Gasteiger partial charge in [0.1, 0.15) is 0 Å². The van der Waals surface area contributed by atoms with Crippen LogP contribution in [0, 0.1) is 5.92 Å². The molecule has 0 radical (unpaired) electrons. The molecule has 0 fully saturated rings. The highest BCUT2D eigenvalue weighted by Gasteiger charge is 2.12. The summed E-state index contributed by atoms with van der Waals surface area (Å²) in [6.45, 7) is 6.39. The molecule has 0 aliphatic rings. The van der Waals surface area contributed by atoms with Gasteiger partial charge in [-0.1, -0.05) is 44.5 Å². The van der Waals surface area contributed by atoms with E-state index >= 15 is 0 Å². The minimum atomic E-state index is 0.0735. The van der Waals surface area contributed by atoms with E-state index in [2.05, 4.69) is 26.1 Å². The second-order valence-electron chi connectivity index (χ2n) is 4.99. The fourth-order valence-corrected chi connectivity index (χ4v) is 2.72. The summed E-state index contributed by atoms with van der Waals surface area (Å²) in [5.74, 6) is 2.27. The van der Waals surface area contributed by atoms with Crippen LogP contribution in [0.2, 0.25) is 5.02 Å². The zero-order valence-corrected chi connectivity index (χ0v) is 13.4. The number of carbonyl (C=O) groups is 1. The van der Waals surface area contributed by atoms with E-state index in [1.165, 1.54) is 0 Å². The number of hydrogen-bond donors (Lipinski definition) is 1. The molecule has 0 saturated carbocycles. The molecule has 1 amide bonds. The molecule has 1 unspecified atom stereocenters. The van der Waals surface area contributed by atoms with E-state index in [1.807, 2.05) is 24.3 Å². The lowest BCUT2D eigenvalue weighted by molar-refractivity contribution is -0.119. The van der Waals surface area contributed by atoms with Crippen molar-refractivity contribution in [2.24, 2.45) is 5.92 Å². The maximum absolute atomic E-state index is 11.9. The van der Waals surface area contributed by atoms with Gasteiger partial charge in [0.25, 0.3) is 0 Å². The molecule has 1 rings (SSSR count). The topological polar surface area (TPSA) is 29.1 Å². The van der Waals surface area contributed by atoms with Crippen LogP contribution in [0.4, 0.5) is 0 Å². The molecule has 19 heavy (non-hydrogen) atoms. The van der Waals surface area contributed by atoms with Crippen LogP contribution in [0.25, 0.3) is 0 Å². The Labute approximate surface area is 125 Å². The zero-order valence-electron chi connectivity index (χ0n) is 11.8. The molecule has 0 bridgehead atoms. The SMILES string of the molecule is CCC(NC(=O)CSCC(C)C)c1ccc(Cl)cc1. The Bertz CT molecular complexity index is 392. The maximum atomic E-state index is 11.9. The molecule has 1 aromatic carbocycles. The highest BCUT2D eigenvalue weighted by atomic mass is 35.5. The molecule has 1 atom stereocenters. The monoisotopic (exact) mass is 299 g/mol. The number of thioether (sulfide) groups is 1. The highest BCUT2D eigenvalue weighted by molar-refractivity contribution is 7.99. The van der Waals surface area contributed by atoms with Crippen molar-refractivity contribution in [3.63, 3.8) is 0 Å². The number of carbonyl (C=O) groups excluding carboxylic acids is 1. The van der Waals surface area contributed by atoms with Crippen LogP contribution in [0.3, 0.4) is 0 Å². The van der Waals surface area contributed by atoms with E-state index < -0.39 is 0 Å². The zero-order chi connectivity index (χ0) is 14.3. The van der Waals surface area contributed by atoms with Crippen molar-refractivity contribution in [2.45, 2.75) is 33.2 Å². The second kappa shape index (κ2) is 8.49. The molecule has 0 aromatic heterocycles.